The lowest BCUT2D eigenvalue weighted by Gasteiger charge is -2.41. The number of aliphatic hydroxyl groups is 1. The molecule has 0 amide bonds. The van der Waals surface area contributed by atoms with Crippen LogP contribution in [0.4, 0.5) is 0 Å². The third kappa shape index (κ3) is 4.80. The summed E-state index contributed by atoms with van der Waals surface area (Å²) in [4.78, 5) is 0. The average molecular weight is 329 g/mol. The van der Waals surface area contributed by atoms with Gasteiger partial charge in [-0.1, -0.05) is 20.8 Å². The topological polar surface area (TPSA) is 47.9 Å². The van der Waals surface area contributed by atoms with Gasteiger partial charge in [0.1, 0.15) is 12.2 Å². The summed E-state index contributed by atoms with van der Waals surface area (Å²) in [6, 6.07) is 0. The molecule has 0 aromatic heterocycles. The fraction of sp³-hybridized carbons (Fsp3) is 0.882. The van der Waals surface area contributed by atoms with Crippen molar-refractivity contribution in [1.82, 2.24) is 0 Å². The maximum absolute atomic E-state index is 9.61. The molecule has 1 aliphatic heterocycles. The number of aliphatic hydroxyl groups excluding tert-OH is 1. The standard InChI is InChI=1S/C17H32O4Si/c1-9-10-11-13(21-22(7,8)16(2,3)4)15-14(12-18)19-17(5,6)20-15/h1,13-15,18H,10-12H2,2-8H3/t13-,14+,15+/m0/s1. The fourth-order valence-electron chi connectivity index (χ4n) is 2.39. The Balaban J connectivity index is 2.96. The number of ether oxygens (including phenoxy) is 2. The summed E-state index contributed by atoms with van der Waals surface area (Å²) in [5.74, 6) is 1.97. The molecule has 0 aromatic carbocycles. The van der Waals surface area contributed by atoms with Crippen LogP contribution in [-0.2, 0) is 13.9 Å². The van der Waals surface area contributed by atoms with Gasteiger partial charge in [0.25, 0.3) is 0 Å². The quantitative estimate of drug-likeness (QED) is 0.600. The Hall–Kier alpha value is -0.383. The monoisotopic (exact) mass is 328 g/mol. The maximum Gasteiger partial charge on any atom is 0.192 e. The molecule has 22 heavy (non-hydrogen) atoms. The lowest BCUT2D eigenvalue weighted by molar-refractivity contribution is -0.156. The zero-order valence-corrected chi connectivity index (χ0v) is 16.1. The molecule has 4 nitrogen and oxygen atoms in total. The average Bonchev–Trinajstić information content (AvgIpc) is 2.68. The molecule has 0 aliphatic carbocycles. The summed E-state index contributed by atoms with van der Waals surface area (Å²) in [6.07, 6.45) is 5.95. The van der Waals surface area contributed by atoms with Crippen LogP contribution in [0.2, 0.25) is 18.1 Å². The molecule has 0 saturated carbocycles. The molecule has 1 N–H and O–H groups in total. The molecule has 1 rings (SSSR count). The summed E-state index contributed by atoms with van der Waals surface area (Å²) in [6.45, 7) is 14.7. The fourth-order valence-corrected chi connectivity index (χ4v) is 3.75. The maximum atomic E-state index is 9.61. The van der Waals surface area contributed by atoms with Crippen LogP contribution >= 0.6 is 0 Å². The van der Waals surface area contributed by atoms with E-state index in [-0.39, 0.29) is 30.0 Å². The van der Waals surface area contributed by atoms with Gasteiger partial charge in [0.05, 0.1) is 12.7 Å². The molecule has 1 fully saturated rings. The predicted molar refractivity (Wildman–Crippen MR) is 91.0 cm³/mol. The van der Waals surface area contributed by atoms with E-state index in [4.69, 9.17) is 20.3 Å². The van der Waals surface area contributed by atoms with Crippen molar-refractivity contribution in [3.63, 3.8) is 0 Å². The zero-order valence-electron chi connectivity index (χ0n) is 15.1. The van der Waals surface area contributed by atoms with E-state index in [2.05, 4.69) is 39.8 Å². The number of terminal acetylenes is 1. The Kier molecular flexibility index (Phi) is 6.27. The van der Waals surface area contributed by atoms with E-state index in [1.807, 2.05) is 13.8 Å². The first-order chi connectivity index (χ1) is 9.93. The van der Waals surface area contributed by atoms with Gasteiger partial charge >= 0.3 is 0 Å². The minimum atomic E-state index is -1.96. The van der Waals surface area contributed by atoms with Crippen LogP contribution in [0.1, 0.15) is 47.5 Å². The molecule has 0 bridgehead atoms. The lowest BCUT2D eigenvalue weighted by atomic mass is 10.0. The van der Waals surface area contributed by atoms with Crippen molar-refractivity contribution in [2.24, 2.45) is 0 Å². The van der Waals surface area contributed by atoms with E-state index in [9.17, 15) is 5.11 Å². The van der Waals surface area contributed by atoms with Crippen molar-refractivity contribution in [3.8, 4) is 12.3 Å². The third-order valence-corrected chi connectivity index (χ3v) is 9.10. The second-order valence-electron chi connectivity index (χ2n) is 7.98. The van der Waals surface area contributed by atoms with Crippen LogP contribution in [0.3, 0.4) is 0 Å². The van der Waals surface area contributed by atoms with Crippen LogP contribution in [0, 0.1) is 12.3 Å². The summed E-state index contributed by atoms with van der Waals surface area (Å²) >= 11 is 0. The Morgan fingerprint density at radius 2 is 1.91 bits per heavy atom. The summed E-state index contributed by atoms with van der Waals surface area (Å²) in [7, 11) is -1.96. The molecule has 0 unspecified atom stereocenters. The van der Waals surface area contributed by atoms with Gasteiger partial charge < -0.3 is 19.0 Å². The molecule has 0 aromatic rings. The minimum absolute atomic E-state index is 0.0818. The SMILES string of the molecule is C#CCC[C@H](O[Si](C)(C)C(C)(C)C)[C@H]1OC(C)(C)O[C@@H]1CO. The van der Waals surface area contributed by atoms with Crippen molar-refractivity contribution in [1.29, 1.82) is 0 Å². The normalized spacial score (nSPS) is 26.7. The van der Waals surface area contributed by atoms with Crippen molar-refractivity contribution < 1.29 is 19.0 Å². The van der Waals surface area contributed by atoms with Crippen LogP contribution in [0.15, 0.2) is 0 Å². The highest BCUT2D eigenvalue weighted by atomic mass is 28.4. The van der Waals surface area contributed by atoms with Crippen molar-refractivity contribution in [3.05, 3.63) is 0 Å². The van der Waals surface area contributed by atoms with Gasteiger partial charge in [-0.25, -0.2) is 0 Å². The highest BCUT2D eigenvalue weighted by molar-refractivity contribution is 6.74. The third-order valence-electron chi connectivity index (χ3n) is 4.59. The Morgan fingerprint density at radius 1 is 1.32 bits per heavy atom. The molecular weight excluding hydrogens is 296 g/mol. The summed E-state index contributed by atoms with van der Waals surface area (Å²) < 4.78 is 18.3. The van der Waals surface area contributed by atoms with Gasteiger partial charge in [0, 0.05) is 6.42 Å². The van der Waals surface area contributed by atoms with E-state index >= 15 is 0 Å². The second-order valence-corrected chi connectivity index (χ2v) is 12.7. The Morgan fingerprint density at radius 3 is 2.36 bits per heavy atom. The smallest absolute Gasteiger partial charge is 0.192 e. The van der Waals surface area contributed by atoms with E-state index in [0.717, 1.165) is 0 Å². The van der Waals surface area contributed by atoms with Crippen LogP contribution in [0.25, 0.3) is 0 Å². The van der Waals surface area contributed by atoms with Crippen molar-refractivity contribution in [2.45, 2.75) is 89.7 Å². The highest BCUT2D eigenvalue weighted by Crippen LogP contribution is 2.40. The molecule has 0 radical (unpaired) electrons. The molecule has 5 heteroatoms. The second kappa shape index (κ2) is 7.02. The molecule has 1 saturated heterocycles. The lowest BCUT2D eigenvalue weighted by Crippen LogP contribution is -2.49. The molecule has 1 heterocycles. The molecule has 3 atom stereocenters. The van der Waals surface area contributed by atoms with Gasteiger partial charge in [-0.05, 0) is 38.4 Å². The molecular formula is C17H32O4Si. The first-order valence-corrected chi connectivity index (χ1v) is 10.9. The van der Waals surface area contributed by atoms with Gasteiger partial charge in [0.2, 0.25) is 0 Å². The van der Waals surface area contributed by atoms with Crippen molar-refractivity contribution in [2.75, 3.05) is 6.61 Å². The summed E-state index contributed by atoms with van der Waals surface area (Å²) in [5, 5.41) is 9.71. The van der Waals surface area contributed by atoms with Gasteiger partial charge in [-0.2, -0.15) is 0 Å². The van der Waals surface area contributed by atoms with Gasteiger partial charge in [-0.15, -0.1) is 12.3 Å². The van der Waals surface area contributed by atoms with Gasteiger partial charge in [-0.3, -0.25) is 0 Å². The largest absolute Gasteiger partial charge is 0.411 e. The van der Waals surface area contributed by atoms with E-state index in [0.29, 0.717) is 12.8 Å². The highest BCUT2D eigenvalue weighted by Gasteiger charge is 2.48. The molecule has 128 valence electrons. The minimum Gasteiger partial charge on any atom is -0.411 e. The van der Waals surface area contributed by atoms with Gasteiger partial charge in [0.15, 0.2) is 14.1 Å². The summed E-state index contributed by atoms with van der Waals surface area (Å²) in [5.41, 5.74) is 0. The number of rotatable bonds is 6. The zero-order chi connectivity index (χ0) is 17.2. The van der Waals surface area contributed by atoms with Crippen LogP contribution < -0.4 is 0 Å². The van der Waals surface area contributed by atoms with E-state index < -0.39 is 14.1 Å². The number of hydrogen-bond acceptors (Lipinski definition) is 4. The van der Waals surface area contributed by atoms with E-state index in [1.54, 1.807) is 0 Å². The number of hydrogen-bond donors (Lipinski definition) is 1. The van der Waals surface area contributed by atoms with Crippen molar-refractivity contribution >= 4 is 8.32 Å². The van der Waals surface area contributed by atoms with E-state index in [1.165, 1.54) is 0 Å². The van der Waals surface area contributed by atoms with Crippen LogP contribution in [0.5, 0.6) is 0 Å². The Bertz CT molecular complexity index is 406. The predicted octanol–water partition coefficient (Wildman–Crippen LogP) is 3.30. The molecule has 1 aliphatic rings. The first-order valence-electron chi connectivity index (χ1n) is 8.01. The van der Waals surface area contributed by atoms with Crippen LogP contribution in [-0.4, -0.2) is 44.1 Å². The first kappa shape index (κ1) is 19.7. The molecule has 0 spiro atoms. The Labute approximate surface area is 136 Å².